The Morgan fingerprint density at radius 1 is 1.29 bits per heavy atom. The van der Waals surface area contributed by atoms with Gasteiger partial charge in [-0.15, -0.1) is 0 Å². The molecule has 0 aromatic heterocycles. The van der Waals surface area contributed by atoms with Crippen LogP contribution in [0, 0.1) is 17.2 Å². The second-order valence-corrected chi connectivity index (χ2v) is 6.58. The van der Waals surface area contributed by atoms with Gasteiger partial charge in [0.05, 0.1) is 5.69 Å². The minimum Gasteiger partial charge on any atom is -0.330 e. The van der Waals surface area contributed by atoms with Gasteiger partial charge >= 0.3 is 0 Å². The predicted molar refractivity (Wildman–Crippen MR) is 85.7 cm³/mol. The standard InChI is InChI=1S/C17H27FN2O/c1-17(2,3)13(11-12-19)9-10-16(21)20(4)15-8-6-5-7-14(15)18/h5-8,13H,9-12,19H2,1-4H3. The van der Waals surface area contributed by atoms with Gasteiger partial charge in [0.2, 0.25) is 5.91 Å². The van der Waals surface area contributed by atoms with Crippen molar-refractivity contribution in [2.75, 3.05) is 18.5 Å². The highest BCUT2D eigenvalue weighted by molar-refractivity contribution is 5.92. The highest BCUT2D eigenvalue weighted by atomic mass is 19.1. The van der Waals surface area contributed by atoms with Gasteiger partial charge in [0.1, 0.15) is 5.82 Å². The molecule has 1 unspecified atom stereocenters. The molecule has 4 heteroatoms. The Kier molecular flexibility index (Phi) is 6.34. The molecule has 0 spiro atoms. The smallest absolute Gasteiger partial charge is 0.226 e. The molecule has 0 radical (unpaired) electrons. The van der Waals surface area contributed by atoms with Crippen LogP contribution in [0.15, 0.2) is 24.3 Å². The fourth-order valence-electron chi connectivity index (χ4n) is 2.54. The largest absolute Gasteiger partial charge is 0.330 e. The summed E-state index contributed by atoms with van der Waals surface area (Å²) in [6, 6.07) is 6.34. The minimum absolute atomic E-state index is 0.0635. The van der Waals surface area contributed by atoms with E-state index in [1.54, 1.807) is 25.2 Å². The number of amides is 1. The number of nitrogens with zero attached hydrogens (tertiary/aromatic N) is 1. The van der Waals surface area contributed by atoms with Crippen LogP contribution in [0.5, 0.6) is 0 Å². The summed E-state index contributed by atoms with van der Waals surface area (Å²) in [4.78, 5) is 13.7. The molecule has 2 N–H and O–H groups in total. The summed E-state index contributed by atoms with van der Waals surface area (Å²) in [6.45, 7) is 7.12. The molecule has 0 saturated carbocycles. The van der Waals surface area contributed by atoms with Gasteiger partial charge in [-0.2, -0.15) is 0 Å². The van der Waals surface area contributed by atoms with Crippen LogP contribution >= 0.6 is 0 Å². The Morgan fingerprint density at radius 2 is 1.90 bits per heavy atom. The highest BCUT2D eigenvalue weighted by Crippen LogP contribution is 2.32. The van der Waals surface area contributed by atoms with Crippen LogP contribution in [0.1, 0.15) is 40.0 Å². The maximum atomic E-state index is 13.7. The lowest BCUT2D eigenvalue weighted by atomic mass is 9.76. The number of para-hydroxylation sites is 1. The van der Waals surface area contributed by atoms with Gasteiger partial charge in [-0.1, -0.05) is 32.9 Å². The fourth-order valence-corrected chi connectivity index (χ4v) is 2.54. The molecule has 0 aliphatic heterocycles. The van der Waals surface area contributed by atoms with Crippen LogP contribution in [-0.2, 0) is 4.79 Å². The van der Waals surface area contributed by atoms with E-state index in [1.165, 1.54) is 11.0 Å². The van der Waals surface area contributed by atoms with Gasteiger partial charge in [-0.3, -0.25) is 4.79 Å². The monoisotopic (exact) mass is 294 g/mol. The Balaban J connectivity index is 2.66. The van der Waals surface area contributed by atoms with Crippen molar-refractivity contribution in [2.45, 2.75) is 40.0 Å². The van der Waals surface area contributed by atoms with Gasteiger partial charge in [0.15, 0.2) is 0 Å². The van der Waals surface area contributed by atoms with Crippen molar-refractivity contribution in [2.24, 2.45) is 17.1 Å². The Labute approximate surface area is 127 Å². The van der Waals surface area contributed by atoms with E-state index in [0.29, 0.717) is 24.6 Å². The summed E-state index contributed by atoms with van der Waals surface area (Å²) in [5.41, 5.74) is 6.11. The fraction of sp³-hybridized carbons (Fsp3) is 0.588. The number of nitrogens with two attached hydrogens (primary N) is 1. The van der Waals surface area contributed by atoms with E-state index in [2.05, 4.69) is 20.8 Å². The third kappa shape index (κ3) is 5.12. The predicted octanol–water partition coefficient (Wildman–Crippen LogP) is 3.58. The summed E-state index contributed by atoms with van der Waals surface area (Å²) >= 11 is 0. The van der Waals surface area contributed by atoms with E-state index in [0.717, 1.165) is 12.8 Å². The number of hydrogen-bond donors (Lipinski definition) is 1. The number of carbonyl (C=O) groups is 1. The van der Waals surface area contributed by atoms with E-state index in [1.807, 2.05) is 0 Å². The molecule has 0 aliphatic rings. The van der Waals surface area contributed by atoms with Crippen LogP contribution in [0.3, 0.4) is 0 Å². The highest BCUT2D eigenvalue weighted by Gasteiger charge is 2.25. The second kappa shape index (κ2) is 7.55. The third-order valence-electron chi connectivity index (χ3n) is 4.03. The topological polar surface area (TPSA) is 46.3 Å². The summed E-state index contributed by atoms with van der Waals surface area (Å²) in [5, 5.41) is 0. The lowest BCUT2D eigenvalue weighted by Crippen LogP contribution is -2.29. The average Bonchev–Trinajstić information content (AvgIpc) is 2.41. The molecular formula is C17H27FN2O. The van der Waals surface area contributed by atoms with Crippen molar-refractivity contribution in [3.05, 3.63) is 30.1 Å². The lowest BCUT2D eigenvalue weighted by Gasteiger charge is -2.31. The lowest BCUT2D eigenvalue weighted by molar-refractivity contribution is -0.118. The molecular weight excluding hydrogens is 267 g/mol. The summed E-state index contributed by atoms with van der Waals surface area (Å²) in [5.74, 6) is -0.0467. The maximum Gasteiger partial charge on any atom is 0.226 e. The zero-order valence-electron chi connectivity index (χ0n) is 13.5. The van der Waals surface area contributed by atoms with E-state index in [4.69, 9.17) is 5.73 Å². The zero-order chi connectivity index (χ0) is 16.0. The quantitative estimate of drug-likeness (QED) is 0.871. The molecule has 21 heavy (non-hydrogen) atoms. The van der Waals surface area contributed by atoms with E-state index in [-0.39, 0.29) is 17.1 Å². The first kappa shape index (κ1) is 17.6. The normalized spacial score (nSPS) is 13.0. The van der Waals surface area contributed by atoms with Crippen LogP contribution in [0.25, 0.3) is 0 Å². The van der Waals surface area contributed by atoms with Crippen LogP contribution < -0.4 is 10.6 Å². The van der Waals surface area contributed by atoms with E-state index >= 15 is 0 Å². The Hall–Kier alpha value is -1.42. The van der Waals surface area contributed by atoms with E-state index in [9.17, 15) is 9.18 Å². The number of carbonyl (C=O) groups excluding carboxylic acids is 1. The molecule has 118 valence electrons. The number of rotatable bonds is 6. The van der Waals surface area contributed by atoms with E-state index < -0.39 is 0 Å². The molecule has 0 heterocycles. The minimum atomic E-state index is -0.373. The molecule has 0 saturated heterocycles. The van der Waals surface area contributed by atoms with Crippen molar-refractivity contribution in [1.82, 2.24) is 0 Å². The molecule has 1 amide bonds. The number of hydrogen-bond acceptors (Lipinski definition) is 2. The summed E-state index contributed by atoms with van der Waals surface area (Å²) in [7, 11) is 1.62. The van der Waals surface area contributed by atoms with Crippen molar-refractivity contribution in [3.8, 4) is 0 Å². The van der Waals surface area contributed by atoms with Crippen molar-refractivity contribution in [3.63, 3.8) is 0 Å². The maximum absolute atomic E-state index is 13.7. The number of benzene rings is 1. The molecule has 1 rings (SSSR count). The van der Waals surface area contributed by atoms with Gasteiger partial charge in [0, 0.05) is 13.5 Å². The number of halogens is 1. The third-order valence-corrected chi connectivity index (χ3v) is 4.03. The van der Waals surface area contributed by atoms with Gasteiger partial charge < -0.3 is 10.6 Å². The molecule has 1 atom stereocenters. The first-order valence-electron chi connectivity index (χ1n) is 7.48. The number of anilines is 1. The summed E-state index contributed by atoms with van der Waals surface area (Å²) < 4.78 is 13.7. The first-order chi connectivity index (χ1) is 9.77. The van der Waals surface area contributed by atoms with Crippen LogP contribution in [0.2, 0.25) is 0 Å². The van der Waals surface area contributed by atoms with Crippen molar-refractivity contribution >= 4 is 11.6 Å². The summed E-state index contributed by atoms with van der Waals surface area (Å²) in [6.07, 6.45) is 2.09. The molecule has 3 nitrogen and oxygen atoms in total. The van der Waals surface area contributed by atoms with Crippen molar-refractivity contribution in [1.29, 1.82) is 0 Å². The van der Waals surface area contributed by atoms with Gasteiger partial charge in [0.25, 0.3) is 0 Å². The Bertz CT molecular complexity index is 468. The average molecular weight is 294 g/mol. The molecule has 1 aromatic carbocycles. The molecule has 1 aromatic rings. The van der Waals surface area contributed by atoms with Crippen LogP contribution in [0.4, 0.5) is 10.1 Å². The molecule has 0 fully saturated rings. The Morgan fingerprint density at radius 3 is 2.43 bits per heavy atom. The second-order valence-electron chi connectivity index (χ2n) is 6.58. The molecule has 0 bridgehead atoms. The van der Waals surface area contributed by atoms with Gasteiger partial charge in [-0.25, -0.2) is 4.39 Å². The SMILES string of the molecule is CN(C(=O)CCC(CCN)C(C)(C)C)c1ccccc1F. The van der Waals surface area contributed by atoms with Gasteiger partial charge in [-0.05, 0) is 42.9 Å². The first-order valence-corrected chi connectivity index (χ1v) is 7.48. The van der Waals surface area contributed by atoms with Crippen molar-refractivity contribution < 1.29 is 9.18 Å². The van der Waals surface area contributed by atoms with Crippen LogP contribution in [-0.4, -0.2) is 19.5 Å². The molecule has 0 aliphatic carbocycles. The zero-order valence-corrected chi connectivity index (χ0v) is 13.5.